The van der Waals surface area contributed by atoms with Crippen LogP contribution in [0.4, 0.5) is 0 Å². The van der Waals surface area contributed by atoms with Crippen molar-refractivity contribution in [2.75, 3.05) is 13.6 Å². The molecule has 2 fully saturated rings. The van der Waals surface area contributed by atoms with Crippen molar-refractivity contribution in [3.05, 3.63) is 0 Å². The first-order valence-electron chi connectivity index (χ1n) is 7.17. The zero-order chi connectivity index (χ0) is 12.3. The van der Waals surface area contributed by atoms with Gasteiger partial charge in [-0.05, 0) is 38.0 Å². The molecule has 0 spiro atoms. The van der Waals surface area contributed by atoms with Gasteiger partial charge in [-0.3, -0.25) is 4.79 Å². The van der Waals surface area contributed by atoms with Crippen molar-refractivity contribution in [2.24, 2.45) is 17.6 Å². The zero-order valence-electron chi connectivity index (χ0n) is 11.0. The summed E-state index contributed by atoms with van der Waals surface area (Å²) in [7, 11) is 1.97. The maximum absolute atomic E-state index is 12.2. The largest absolute Gasteiger partial charge is 0.346 e. The van der Waals surface area contributed by atoms with Crippen LogP contribution in [0.2, 0.25) is 0 Å². The van der Waals surface area contributed by atoms with Crippen LogP contribution in [0.15, 0.2) is 0 Å². The van der Waals surface area contributed by atoms with Crippen molar-refractivity contribution >= 4 is 5.91 Å². The molecule has 17 heavy (non-hydrogen) atoms. The molecule has 2 N–H and O–H groups in total. The molecule has 2 aliphatic carbocycles. The Hall–Kier alpha value is -0.570. The number of carbonyl (C=O) groups is 1. The van der Waals surface area contributed by atoms with Crippen LogP contribution in [0.3, 0.4) is 0 Å². The van der Waals surface area contributed by atoms with Crippen LogP contribution in [-0.2, 0) is 4.79 Å². The van der Waals surface area contributed by atoms with Crippen LogP contribution in [0.25, 0.3) is 0 Å². The lowest BCUT2D eigenvalue weighted by atomic mass is 9.82. The van der Waals surface area contributed by atoms with E-state index < -0.39 is 0 Å². The van der Waals surface area contributed by atoms with Gasteiger partial charge < -0.3 is 10.6 Å². The molecule has 98 valence electrons. The molecule has 3 heteroatoms. The lowest BCUT2D eigenvalue weighted by Gasteiger charge is -2.31. The van der Waals surface area contributed by atoms with Gasteiger partial charge in [-0.25, -0.2) is 0 Å². The molecule has 0 unspecified atom stereocenters. The van der Waals surface area contributed by atoms with E-state index in [4.69, 9.17) is 5.73 Å². The number of hydrogen-bond acceptors (Lipinski definition) is 2. The quantitative estimate of drug-likeness (QED) is 0.815. The molecule has 0 aromatic rings. The van der Waals surface area contributed by atoms with Gasteiger partial charge in [0, 0.05) is 25.6 Å². The number of carbonyl (C=O) groups excluding carboxylic acids is 1. The first-order chi connectivity index (χ1) is 8.16. The summed E-state index contributed by atoms with van der Waals surface area (Å²) in [4.78, 5) is 14.2. The normalized spacial score (nSPS) is 29.8. The van der Waals surface area contributed by atoms with Gasteiger partial charge in [0.2, 0.25) is 5.91 Å². The summed E-state index contributed by atoms with van der Waals surface area (Å²) in [6.07, 6.45) is 9.37. The molecule has 2 aliphatic rings. The molecule has 3 nitrogen and oxygen atoms in total. The van der Waals surface area contributed by atoms with Crippen molar-refractivity contribution < 1.29 is 4.79 Å². The second-order valence-corrected chi connectivity index (χ2v) is 5.96. The Morgan fingerprint density at radius 2 is 1.82 bits per heavy atom. The van der Waals surface area contributed by atoms with E-state index >= 15 is 0 Å². The highest BCUT2D eigenvalue weighted by Gasteiger charge is 2.27. The fourth-order valence-corrected chi connectivity index (χ4v) is 2.95. The summed E-state index contributed by atoms with van der Waals surface area (Å²) >= 11 is 0. The van der Waals surface area contributed by atoms with Crippen molar-refractivity contribution in [2.45, 2.75) is 57.4 Å². The number of nitrogens with two attached hydrogens (primary N) is 1. The van der Waals surface area contributed by atoms with Gasteiger partial charge in [-0.2, -0.15) is 0 Å². The lowest BCUT2D eigenvalue weighted by Crippen LogP contribution is -2.38. The predicted molar refractivity (Wildman–Crippen MR) is 69.5 cm³/mol. The first-order valence-corrected chi connectivity index (χ1v) is 7.17. The monoisotopic (exact) mass is 238 g/mol. The number of nitrogens with zero attached hydrogens (tertiary/aromatic N) is 1. The SMILES string of the molecule is CN(CCC1CCC1)C(=O)C1CCC(N)CC1. The Morgan fingerprint density at radius 3 is 2.35 bits per heavy atom. The van der Waals surface area contributed by atoms with E-state index in [1.807, 2.05) is 11.9 Å². The summed E-state index contributed by atoms with van der Waals surface area (Å²) in [5.74, 6) is 1.50. The van der Waals surface area contributed by atoms with Gasteiger partial charge in [-0.1, -0.05) is 19.3 Å². The summed E-state index contributed by atoms with van der Waals surface area (Å²) in [5, 5.41) is 0. The van der Waals surface area contributed by atoms with Crippen LogP contribution in [-0.4, -0.2) is 30.4 Å². The molecule has 0 radical (unpaired) electrons. The molecular weight excluding hydrogens is 212 g/mol. The van der Waals surface area contributed by atoms with Gasteiger partial charge in [-0.15, -0.1) is 0 Å². The molecular formula is C14H26N2O. The maximum atomic E-state index is 12.2. The van der Waals surface area contributed by atoms with Crippen LogP contribution in [0, 0.1) is 11.8 Å². The molecule has 1 amide bonds. The van der Waals surface area contributed by atoms with Crippen LogP contribution < -0.4 is 5.73 Å². The molecule has 0 heterocycles. The molecule has 0 aliphatic heterocycles. The highest BCUT2D eigenvalue weighted by molar-refractivity contribution is 5.78. The third kappa shape index (κ3) is 3.44. The van der Waals surface area contributed by atoms with Crippen molar-refractivity contribution in [1.82, 2.24) is 4.90 Å². The summed E-state index contributed by atoms with van der Waals surface area (Å²) in [6.45, 7) is 0.950. The lowest BCUT2D eigenvalue weighted by molar-refractivity contribution is -0.135. The van der Waals surface area contributed by atoms with E-state index in [1.54, 1.807) is 0 Å². The molecule has 0 atom stereocenters. The minimum atomic E-state index is 0.251. The highest BCUT2D eigenvalue weighted by Crippen LogP contribution is 2.30. The molecule has 0 aromatic carbocycles. The number of amides is 1. The second kappa shape index (κ2) is 5.85. The number of rotatable bonds is 4. The van der Waals surface area contributed by atoms with E-state index in [0.717, 1.165) is 38.1 Å². The molecule has 2 saturated carbocycles. The maximum Gasteiger partial charge on any atom is 0.225 e. The van der Waals surface area contributed by atoms with E-state index in [-0.39, 0.29) is 5.92 Å². The molecule has 0 bridgehead atoms. The Morgan fingerprint density at radius 1 is 1.18 bits per heavy atom. The van der Waals surface area contributed by atoms with E-state index in [1.165, 1.54) is 25.7 Å². The molecule has 0 aromatic heterocycles. The van der Waals surface area contributed by atoms with E-state index in [9.17, 15) is 4.79 Å². The summed E-state index contributed by atoms with van der Waals surface area (Å²) < 4.78 is 0. The number of hydrogen-bond donors (Lipinski definition) is 1. The minimum Gasteiger partial charge on any atom is -0.346 e. The Balaban J connectivity index is 1.70. The Labute approximate surface area is 105 Å². The molecule has 0 saturated heterocycles. The van der Waals surface area contributed by atoms with Gasteiger partial charge in [0.1, 0.15) is 0 Å². The Kier molecular flexibility index (Phi) is 4.43. The van der Waals surface area contributed by atoms with Crippen LogP contribution >= 0.6 is 0 Å². The third-order valence-electron chi connectivity index (χ3n) is 4.59. The van der Waals surface area contributed by atoms with Crippen molar-refractivity contribution in [3.8, 4) is 0 Å². The molecule has 2 rings (SSSR count). The Bertz CT molecular complexity index is 255. The fraction of sp³-hybridized carbons (Fsp3) is 0.929. The van der Waals surface area contributed by atoms with Crippen LogP contribution in [0.1, 0.15) is 51.4 Å². The van der Waals surface area contributed by atoms with Gasteiger partial charge in [0.15, 0.2) is 0 Å². The minimum absolute atomic E-state index is 0.251. The first kappa shape index (κ1) is 12.9. The van der Waals surface area contributed by atoms with Gasteiger partial charge in [0.05, 0.1) is 0 Å². The second-order valence-electron chi connectivity index (χ2n) is 5.96. The average Bonchev–Trinajstić information content (AvgIpc) is 2.27. The summed E-state index contributed by atoms with van der Waals surface area (Å²) in [6, 6.07) is 0.333. The highest BCUT2D eigenvalue weighted by atomic mass is 16.2. The predicted octanol–water partition coefficient (Wildman–Crippen LogP) is 2.15. The average molecular weight is 238 g/mol. The fourth-order valence-electron chi connectivity index (χ4n) is 2.95. The summed E-state index contributed by atoms with van der Waals surface area (Å²) in [5.41, 5.74) is 5.87. The van der Waals surface area contributed by atoms with E-state index in [2.05, 4.69) is 0 Å². The zero-order valence-corrected chi connectivity index (χ0v) is 11.0. The van der Waals surface area contributed by atoms with Crippen LogP contribution in [0.5, 0.6) is 0 Å². The third-order valence-corrected chi connectivity index (χ3v) is 4.59. The van der Waals surface area contributed by atoms with Gasteiger partial charge in [0.25, 0.3) is 0 Å². The van der Waals surface area contributed by atoms with Crippen molar-refractivity contribution in [1.29, 1.82) is 0 Å². The topological polar surface area (TPSA) is 46.3 Å². The standard InChI is InChI=1S/C14H26N2O/c1-16(10-9-11-3-2-4-11)14(17)12-5-7-13(15)8-6-12/h11-13H,2-10,15H2,1H3. The van der Waals surface area contributed by atoms with E-state index in [0.29, 0.717) is 11.9 Å². The smallest absolute Gasteiger partial charge is 0.225 e. The van der Waals surface area contributed by atoms with Crippen molar-refractivity contribution in [3.63, 3.8) is 0 Å². The van der Waals surface area contributed by atoms with Gasteiger partial charge >= 0.3 is 0 Å².